The number of nitrogens with zero attached hydrogens (tertiary/aromatic N) is 1. The summed E-state index contributed by atoms with van der Waals surface area (Å²) in [7, 11) is 0. The SMILES string of the molecule is Nc1cccc(C(O)CN2CCCCCC2CO)c1. The van der Waals surface area contributed by atoms with Crippen LogP contribution in [0.15, 0.2) is 24.3 Å². The molecule has 2 atom stereocenters. The van der Waals surface area contributed by atoms with Gasteiger partial charge in [-0.3, -0.25) is 4.90 Å². The van der Waals surface area contributed by atoms with Crippen molar-refractivity contribution >= 4 is 5.69 Å². The molecule has 106 valence electrons. The molecule has 1 saturated heterocycles. The molecule has 4 N–H and O–H groups in total. The summed E-state index contributed by atoms with van der Waals surface area (Å²) < 4.78 is 0. The lowest BCUT2D eigenvalue weighted by atomic mass is 10.1. The average Bonchev–Trinajstić information content (AvgIpc) is 2.63. The smallest absolute Gasteiger partial charge is 0.0917 e. The Labute approximate surface area is 114 Å². The van der Waals surface area contributed by atoms with Crippen LogP contribution in [0, 0.1) is 0 Å². The number of nitrogens with two attached hydrogens (primary N) is 1. The van der Waals surface area contributed by atoms with Gasteiger partial charge in [-0.15, -0.1) is 0 Å². The number of aliphatic hydroxyl groups excluding tert-OH is 2. The fourth-order valence-corrected chi connectivity index (χ4v) is 2.78. The van der Waals surface area contributed by atoms with Crippen LogP contribution in [0.3, 0.4) is 0 Å². The summed E-state index contributed by atoms with van der Waals surface area (Å²) in [6.45, 7) is 1.68. The zero-order valence-electron chi connectivity index (χ0n) is 11.3. The van der Waals surface area contributed by atoms with Gasteiger partial charge in [0.2, 0.25) is 0 Å². The van der Waals surface area contributed by atoms with E-state index in [9.17, 15) is 10.2 Å². The Morgan fingerprint density at radius 2 is 2.16 bits per heavy atom. The van der Waals surface area contributed by atoms with Gasteiger partial charge in [0.05, 0.1) is 12.7 Å². The molecule has 0 bridgehead atoms. The Hall–Kier alpha value is -1.10. The molecule has 0 aromatic heterocycles. The standard InChI is InChI=1S/C15H24N2O2/c16-13-6-4-5-12(9-13)15(19)10-17-8-3-1-2-7-14(17)11-18/h4-6,9,14-15,18-19H,1-3,7-8,10-11,16H2. The fourth-order valence-electron chi connectivity index (χ4n) is 2.78. The molecule has 1 fully saturated rings. The molecule has 1 heterocycles. The maximum Gasteiger partial charge on any atom is 0.0917 e. The van der Waals surface area contributed by atoms with E-state index in [4.69, 9.17) is 5.73 Å². The first kappa shape index (κ1) is 14.3. The van der Waals surface area contributed by atoms with Gasteiger partial charge >= 0.3 is 0 Å². The summed E-state index contributed by atoms with van der Waals surface area (Å²) in [5.41, 5.74) is 7.26. The van der Waals surface area contributed by atoms with Crippen LogP contribution in [-0.4, -0.2) is 40.9 Å². The molecule has 1 aliphatic heterocycles. The molecule has 1 aliphatic rings. The van der Waals surface area contributed by atoms with Gasteiger partial charge in [-0.25, -0.2) is 0 Å². The number of β-amino-alcohol motifs (C(OH)–C–C–N with tert-alkyl or cyclic N) is 1. The van der Waals surface area contributed by atoms with Crippen molar-refractivity contribution in [1.29, 1.82) is 0 Å². The lowest BCUT2D eigenvalue weighted by Crippen LogP contribution is -2.40. The minimum absolute atomic E-state index is 0.170. The minimum atomic E-state index is -0.546. The topological polar surface area (TPSA) is 69.7 Å². The van der Waals surface area contributed by atoms with E-state index < -0.39 is 6.10 Å². The maximum atomic E-state index is 10.3. The van der Waals surface area contributed by atoms with Gasteiger partial charge in [0.15, 0.2) is 0 Å². The van der Waals surface area contributed by atoms with E-state index in [0.29, 0.717) is 12.2 Å². The van der Waals surface area contributed by atoms with Crippen LogP contribution in [0.4, 0.5) is 5.69 Å². The van der Waals surface area contributed by atoms with Crippen LogP contribution in [0.5, 0.6) is 0 Å². The van der Waals surface area contributed by atoms with Crippen molar-refractivity contribution in [3.8, 4) is 0 Å². The molecule has 2 unspecified atom stereocenters. The second-order valence-electron chi connectivity index (χ2n) is 5.37. The van der Waals surface area contributed by atoms with E-state index in [2.05, 4.69) is 4.90 Å². The normalized spacial score (nSPS) is 22.9. The van der Waals surface area contributed by atoms with Crippen molar-refractivity contribution < 1.29 is 10.2 Å². The van der Waals surface area contributed by atoms with E-state index in [1.54, 1.807) is 0 Å². The van der Waals surface area contributed by atoms with Crippen molar-refractivity contribution in [2.45, 2.75) is 37.8 Å². The van der Waals surface area contributed by atoms with Gasteiger partial charge in [0.1, 0.15) is 0 Å². The Bertz CT molecular complexity index is 397. The molecule has 4 nitrogen and oxygen atoms in total. The fraction of sp³-hybridized carbons (Fsp3) is 0.600. The van der Waals surface area contributed by atoms with Crippen LogP contribution < -0.4 is 5.73 Å². The third-order valence-corrected chi connectivity index (χ3v) is 3.91. The highest BCUT2D eigenvalue weighted by Crippen LogP contribution is 2.22. The molecule has 0 aliphatic carbocycles. The number of nitrogen functional groups attached to an aromatic ring is 1. The molecular weight excluding hydrogens is 240 g/mol. The van der Waals surface area contributed by atoms with Crippen molar-refractivity contribution in [2.24, 2.45) is 0 Å². The monoisotopic (exact) mass is 264 g/mol. The van der Waals surface area contributed by atoms with Gasteiger partial charge in [-0.05, 0) is 37.1 Å². The summed E-state index contributed by atoms with van der Waals surface area (Å²) in [6.07, 6.45) is 3.98. The van der Waals surface area contributed by atoms with Gasteiger partial charge in [-0.1, -0.05) is 25.0 Å². The zero-order chi connectivity index (χ0) is 13.7. The van der Waals surface area contributed by atoms with Crippen LogP contribution in [0.25, 0.3) is 0 Å². The van der Waals surface area contributed by atoms with Gasteiger partial charge < -0.3 is 15.9 Å². The Balaban J connectivity index is 2.01. The highest BCUT2D eigenvalue weighted by Gasteiger charge is 2.23. The largest absolute Gasteiger partial charge is 0.399 e. The number of likely N-dealkylation sites (tertiary alicyclic amines) is 1. The van der Waals surface area contributed by atoms with E-state index in [-0.39, 0.29) is 12.6 Å². The van der Waals surface area contributed by atoms with E-state index in [1.165, 1.54) is 6.42 Å². The summed E-state index contributed by atoms with van der Waals surface area (Å²) in [5, 5.41) is 19.8. The Kier molecular flexibility index (Phi) is 5.19. The van der Waals surface area contributed by atoms with E-state index in [0.717, 1.165) is 31.4 Å². The molecule has 0 saturated carbocycles. The summed E-state index contributed by atoms with van der Waals surface area (Å²) >= 11 is 0. The molecular formula is C15H24N2O2. The van der Waals surface area contributed by atoms with Crippen LogP contribution in [0.1, 0.15) is 37.4 Å². The maximum absolute atomic E-state index is 10.3. The molecule has 1 aromatic carbocycles. The lowest BCUT2D eigenvalue weighted by Gasteiger charge is -2.30. The Morgan fingerprint density at radius 1 is 1.32 bits per heavy atom. The third kappa shape index (κ3) is 3.93. The highest BCUT2D eigenvalue weighted by molar-refractivity contribution is 5.41. The average molecular weight is 264 g/mol. The van der Waals surface area contributed by atoms with E-state index >= 15 is 0 Å². The summed E-state index contributed by atoms with van der Waals surface area (Å²) in [6, 6.07) is 7.57. The predicted molar refractivity (Wildman–Crippen MR) is 76.7 cm³/mol. The molecule has 0 amide bonds. The summed E-state index contributed by atoms with van der Waals surface area (Å²) in [4.78, 5) is 2.21. The minimum Gasteiger partial charge on any atom is -0.399 e. The zero-order valence-corrected chi connectivity index (χ0v) is 11.3. The van der Waals surface area contributed by atoms with Crippen molar-refractivity contribution in [1.82, 2.24) is 4.90 Å². The Morgan fingerprint density at radius 3 is 2.89 bits per heavy atom. The number of aliphatic hydroxyl groups is 2. The van der Waals surface area contributed by atoms with Crippen LogP contribution in [-0.2, 0) is 0 Å². The number of hydrogen-bond donors (Lipinski definition) is 3. The first-order valence-corrected chi connectivity index (χ1v) is 7.09. The number of benzene rings is 1. The first-order valence-electron chi connectivity index (χ1n) is 7.09. The predicted octanol–water partition coefficient (Wildman–Crippen LogP) is 1.54. The highest BCUT2D eigenvalue weighted by atomic mass is 16.3. The van der Waals surface area contributed by atoms with Gasteiger partial charge in [0.25, 0.3) is 0 Å². The molecule has 0 radical (unpaired) electrons. The van der Waals surface area contributed by atoms with Crippen LogP contribution >= 0.6 is 0 Å². The van der Waals surface area contributed by atoms with Gasteiger partial charge in [0, 0.05) is 18.3 Å². The van der Waals surface area contributed by atoms with Crippen molar-refractivity contribution in [2.75, 3.05) is 25.4 Å². The lowest BCUT2D eigenvalue weighted by molar-refractivity contribution is 0.0637. The van der Waals surface area contributed by atoms with E-state index in [1.807, 2.05) is 24.3 Å². The van der Waals surface area contributed by atoms with Crippen LogP contribution in [0.2, 0.25) is 0 Å². The van der Waals surface area contributed by atoms with Gasteiger partial charge in [-0.2, -0.15) is 0 Å². The number of anilines is 1. The number of hydrogen-bond acceptors (Lipinski definition) is 4. The second-order valence-corrected chi connectivity index (χ2v) is 5.37. The second kappa shape index (κ2) is 6.89. The molecule has 1 aromatic rings. The first-order chi connectivity index (χ1) is 9.20. The molecule has 0 spiro atoms. The quantitative estimate of drug-likeness (QED) is 0.722. The van der Waals surface area contributed by atoms with Crippen molar-refractivity contribution in [3.05, 3.63) is 29.8 Å². The van der Waals surface area contributed by atoms with Crippen molar-refractivity contribution in [3.63, 3.8) is 0 Å². The molecule has 4 heteroatoms. The molecule has 19 heavy (non-hydrogen) atoms. The summed E-state index contributed by atoms with van der Waals surface area (Å²) in [5.74, 6) is 0. The molecule has 2 rings (SSSR count). The number of rotatable bonds is 4. The third-order valence-electron chi connectivity index (χ3n) is 3.91.